The summed E-state index contributed by atoms with van der Waals surface area (Å²) in [6.07, 6.45) is 0. The Morgan fingerprint density at radius 1 is 1.40 bits per heavy atom. The van der Waals surface area contributed by atoms with E-state index in [2.05, 4.69) is 36.3 Å². The molecule has 0 fully saturated rings. The molecule has 0 spiro atoms. The maximum Gasteiger partial charge on any atom is 0.357 e. The second-order valence-electron chi connectivity index (χ2n) is 4.82. The number of hydrogen-bond acceptors (Lipinski definition) is 5. The average molecular weight is 290 g/mol. The Kier molecular flexibility index (Phi) is 4.39. The number of anilines is 2. The van der Waals surface area contributed by atoms with Crippen LogP contribution in [0.4, 0.5) is 10.8 Å². The zero-order chi connectivity index (χ0) is 14.7. The lowest BCUT2D eigenvalue weighted by molar-refractivity contribution is 0.0594. The van der Waals surface area contributed by atoms with E-state index in [-0.39, 0.29) is 0 Å². The molecule has 0 amide bonds. The molecule has 5 heteroatoms. The molecule has 0 atom stereocenters. The van der Waals surface area contributed by atoms with Crippen molar-refractivity contribution in [2.45, 2.75) is 26.7 Å². The molecule has 0 unspecified atom stereocenters. The summed E-state index contributed by atoms with van der Waals surface area (Å²) < 4.78 is 4.71. The second-order valence-corrected chi connectivity index (χ2v) is 6.02. The van der Waals surface area contributed by atoms with E-state index in [1.807, 2.05) is 19.1 Å². The van der Waals surface area contributed by atoms with Crippen molar-refractivity contribution in [3.8, 4) is 0 Å². The smallest absolute Gasteiger partial charge is 0.357 e. The summed E-state index contributed by atoms with van der Waals surface area (Å²) in [5, 5.41) is 3.94. The van der Waals surface area contributed by atoms with Gasteiger partial charge >= 0.3 is 5.97 Å². The molecule has 1 aromatic heterocycles. The normalized spacial score (nSPS) is 10.7. The van der Waals surface area contributed by atoms with Crippen molar-refractivity contribution in [1.82, 2.24) is 4.98 Å². The lowest BCUT2D eigenvalue weighted by atomic mass is 10.0. The van der Waals surface area contributed by atoms with Gasteiger partial charge in [-0.15, -0.1) is 11.3 Å². The number of rotatable bonds is 4. The number of aromatic nitrogens is 1. The monoisotopic (exact) mass is 290 g/mol. The van der Waals surface area contributed by atoms with Crippen molar-refractivity contribution < 1.29 is 9.53 Å². The van der Waals surface area contributed by atoms with Crippen molar-refractivity contribution in [3.63, 3.8) is 0 Å². The fourth-order valence-corrected chi connectivity index (χ4v) is 2.66. The summed E-state index contributed by atoms with van der Waals surface area (Å²) in [5.41, 5.74) is 2.61. The van der Waals surface area contributed by atoms with Crippen LogP contribution in [0.3, 0.4) is 0 Å². The van der Waals surface area contributed by atoms with Gasteiger partial charge < -0.3 is 10.1 Å². The van der Waals surface area contributed by atoms with Crippen LogP contribution in [0.1, 0.15) is 40.7 Å². The Morgan fingerprint density at radius 3 is 2.80 bits per heavy atom. The van der Waals surface area contributed by atoms with E-state index in [1.165, 1.54) is 24.0 Å². The van der Waals surface area contributed by atoms with Crippen LogP contribution >= 0.6 is 11.3 Å². The summed E-state index contributed by atoms with van der Waals surface area (Å²) in [7, 11) is 1.36. The Bertz CT molecular complexity index is 620. The standard InChI is InChI=1S/C15H18N2O2S/c1-9(2)11-6-5-7-12(8-11)16-15-17-13(10(3)20-15)14(18)19-4/h5-9H,1-4H3,(H,16,17). The number of carbonyl (C=O) groups is 1. The number of esters is 1. The zero-order valence-electron chi connectivity index (χ0n) is 12.1. The van der Waals surface area contributed by atoms with Crippen LogP contribution in [0.25, 0.3) is 0 Å². The average Bonchev–Trinajstić information content (AvgIpc) is 2.79. The maximum atomic E-state index is 11.5. The van der Waals surface area contributed by atoms with Crippen LogP contribution < -0.4 is 5.32 Å². The highest BCUT2D eigenvalue weighted by atomic mass is 32.1. The fraction of sp³-hybridized carbons (Fsp3) is 0.333. The van der Waals surface area contributed by atoms with Gasteiger partial charge in [0, 0.05) is 10.6 Å². The maximum absolute atomic E-state index is 11.5. The number of benzene rings is 1. The number of ether oxygens (including phenoxy) is 1. The molecule has 2 aromatic rings. The van der Waals surface area contributed by atoms with E-state index in [9.17, 15) is 4.79 Å². The molecular formula is C15H18N2O2S. The molecule has 1 N–H and O–H groups in total. The van der Waals surface area contributed by atoms with Crippen molar-refractivity contribution in [1.29, 1.82) is 0 Å². The number of nitrogens with zero attached hydrogens (tertiary/aromatic N) is 1. The number of aryl methyl sites for hydroxylation is 1. The Labute approximate surface area is 122 Å². The summed E-state index contributed by atoms with van der Waals surface area (Å²) in [6, 6.07) is 8.20. The van der Waals surface area contributed by atoms with Gasteiger partial charge in [0.15, 0.2) is 10.8 Å². The third-order valence-corrected chi connectivity index (χ3v) is 3.87. The van der Waals surface area contributed by atoms with Gasteiger partial charge in [-0.3, -0.25) is 0 Å². The minimum Gasteiger partial charge on any atom is -0.464 e. The first-order valence-corrected chi connectivity index (χ1v) is 7.25. The molecule has 2 rings (SSSR count). The highest BCUT2D eigenvalue weighted by Crippen LogP contribution is 2.27. The van der Waals surface area contributed by atoms with Gasteiger partial charge in [0.2, 0.25) is 0 Å². The van der Waals surface area contributed by atoms with Crippen LogP contribution in [0.15, 0.2) is 24.3 Å². The minimum absolute atomic E-state index is 0.375. The molecule has 0 radical (unpaired) electrons. The highest BCUT2D eigenvalue weighted by Gasteiger charge is 2.15. The van der Waals surface area contributed by atoms with Gasteiger partial charge in [0.1, 0.15) is 0 Å². The minimum atomic E-state index is -0.400. The second kappa shape index (κ2) is 6.05. The van der Waals surface area contributed by atoms with E-state index in [0.717, 1.165) is 10.6 Å². The quantitative estimate of drug-likeness (QED) is 0.861. The van der Waals surface area contributed by atoms with E-state index in [4.69, 9.17) is 4.74 Å². The zero-order valence-corrected chi connectivity index (χ0v) is 12.9. The van der Waals surface area contributed by atoms with Crippen molar-refractivity contribution in [2.75, 3.05) is 12.4 Å². The first-order valence-electron chi connectivity index (χ1n) is 6.44. The lowest BCUT2D eigenvalue weighted by Crippen LogP contribution is -2.03. The Hall–Kier alpha value is -1.88. The molecule has 1 aromatic carbocycles. The number of thiazole rings is 1. The van der Waals surface area contributed by atoms with Crippen molar-refractivity contribution in [3.05, 3.63) is 40.4 Å². The Morgan fingerprint density at radius 2 is 2.15 bits per heavy atom. The predicted molar refractivity (Wildman–Crippen MR) is 82.0 cm³/mol. The van der Waals surface area contributed by atoms with Crippen LogP contribution in [0, 0.1) is 6.92 Å². The van der Waals surface area contributed by atoms with Crippen LogP contribution in [-0.2, 0) is 4.74 Å². The van der Waals surface area contributed by atoms with E-state index >= 15 is 0 Å². The Balaban J connectivity index is 2.22. The molecule has 1 heterocycles. The van der Waals surface area contributed by atoms with Gasteiger partial charge in [-0.1, -0.05) is 26.0 Å². The molecule has 0 aliphatic rings. The first kappa shape index (κ1) is 14.5. The largest absolute Gasteiger partial charge is 0.464 e. The van der Waals surface area contributed by atoms with Gasteiger partial charge in [0.05, 0.1) is 7.11 Å². The van der Waals surface area contributed by atoms with Gasteiger partial charge in [-0.25, -0.2) is 9.78 Å². The van der Waals surface area contributed by atoms with E-state index in [1.54, 1.807) is 0 Å². The molecule has 0 saturated heterocycles. The summed E-state index contributed by atoms with van der Waals surface area (Å²) >= 11 is 1.44. The molecular weight excluding hydrogens is 272 g/mol. The van der Waals surface area contributed by atoms with Crippen LogP contribution in [0.5, 0.6) is 0 Å². The number of nitrogens with one attached hydrogen (secondary N) is 1. The highest BCUT2D eigenvalue weighted by molar-refractivity contribution is 7.15. The molecule has 106 valence electrons. The number of carbonyl (C=O) groups excluding carboxylic acids is 1. The fourth-order valence-electron chi connectivity index (χ4n) is 1.83. The number of hydrogen-bond donors (Lipinski definition) is 1. The van der Waals surface area contributed by atoms with Gasteiger partial charge in [-0.2, -0.15) is 0 Å². The third-order valence-electron chi connectivity index (χ3n) is 2.98. The van der Waals surface area contributed by atoms with Crippen molar-refractivity contribution in [2.24, 2.45) is 0 Å². The predicted octanol–water partition coefficient (Wildman–Crippen LogP) is 4.11. The SMILES string of the molecule is COC(=O)c1nc(Nc2cccc(C(C)C)c2)sc1C. The molecule has 0 saturated carbocycles. The first-order chi connectivity index (χ1) is 9.51. The summed E-state index contributed by atoms with van der Waals surface area (Å²) in [5.74, 6) is 0.0724. The van der Waals surface area contributed by atoms with E-state index < -0.39 is 5.97 Å². The summed E-state index contributed by atoms with van der Waals surface area (Å²) in [4.78, 5) is 16.7. The third kappa shape index (κ3) is 3.17. The lowest BCUT2D eigenvalue weighted by Gasteiger charge is -2.08. The molecule has 20 heavy (non-hydrogen) atoms. The topological polar surface area (TPSA) is 51.2 Å². The summed E-state index contributed by atoms with van der Waals surface area (Å²) in [6.45, 7) is 6.17. The molecule has 4 nitrogen and oxygen atoms in total. The molecule has 0 aliphatic heterocycles. The van der Waals surface area contributed by atoms with Crippen molar-refractivity contribution >= 4 is 28.1 Å². The van der Waals surface area contributed by atoms with E-state index in [0.29, 0.717) is 16.7 Å². The van der Waals surface area contributed by atoms with Crippen LogP contribution in [0.2, 0.25) is 0 Å². The van der Waals surface area contributed by atoms with Crippen LogP contribution in [-0.4, -0.2) is 18.1 Å². The molecule has 0 aliphatic carbocycles. The molecule has 0 bridgehead atoms. The number of methoxy groups -OCH3 is 1. The van der Waals surface area contributed by atoms with Gasteiger partial charge in [-0.05, 0) is 30.5 Å². The van der Waals surface area contributed by atoms with Gasteiger partial charge in [0.25, 0.3) is 0 Å².